The summed E-state index contributed by atoms with van der Waals surface area (Å²) in [5.41, 5.74) is -1.64. The standard InChI is InChI=1S/C24H15F3N2O6/c25-24(26,27)15-6-8-16(9-7-15)28-20(13-4-10-18(30)11-5-13)19(22(32)23(28)33)21(31)14-2-1-3-17(12-14)29(34)35/h1-12,20,30-31H/b21-19-. The fourth-order valence-electron chi connectivity index (χ4n) is 3.80. The summed E-state index contributed by atoms with van der Waals surface area (Å²) in [5, 5.41) is 31.8. The first-order valence-corrected chi connectivity index (χ1v) is 10.0. The van der Waals surface area contributed by atoms with Crippen LogP contribution in [0.1, 0.15) is 22.7 Å². The first-order chi connectivity index (χ1) is 16.5. The highest BCUT2D eigenvalue weighted by Gasteiger charge is 2.47. The molecule has 1 saturated heterocycles. The van der Waals surface area contributed by atoms with Crippen molar-refractivity contribution >= 4 is 28.8 Å². The smallest absolute Gasteiger partial charge is 0.416 e. The molecule has 1 heterocycles. The molecule has 35 heavy (non-hydrogen) atoms. The van der Waals surface area contributed by atoms with E-state index in [0.29, 0.717) is 0 Å². The van der Waals surface area contributed by atoms with Crippen molar-refractivity contribution in [2.75, 3.05) is 4.90 Å². The quantitative estimate of drug-likeness (QED) is 0.178. The van der Waals surface area contributed by atoms with E-state index in [1.54, 1.807) is 0 Å². The van der Waals surface area contributed by atoms with Crippen LogP contribution in [0.15, 0.2) is 78.4 Å². The molecule has 3 aromatic rings. The predicted octanol–water partition coefficient (Wildman–Crippen LogP) is 4.95. The maximum absolute atomic E-state index is 13.0. The van der Waals surface area contributed by atoms with Gasteiger partial charge in [-0.2, -0.15) is 13.2 Å². The van der Waals surface area contributed by atoms with E-state index in [-0.39, 0.29) is 28.3 Å². The summed E-state index contributed by atoms with van der Waals surface area (Å²) in [6.07, 6.45) is -4.62. The first-order valence-electron chi connectivity index (χ1n) is 10.0. The van der Waals surface area contributed by atoms with Crippen LogP contribution in [0.2, 0.25) is 0 Å². The van der Waals surface area contributed by atoms with Crippen LogP contribution in [-0.4, -0.2) is 26.8 Å². The number of halogens is 3. The molecule has 1 aliphatic rings. The molecule has 1 amide bonds. The normalized spacial score (nSPS) is 17.6. The first kappa shape index (κ1) is 23.5. The van der Waals surface area contributed by atoms with Crippen LogP contribution in [0.5, 0.6) is 5.75 Å². The van der Waals surface area contributed by atoms with Crippen LogP contribution in [0.25, 0.3) is 5.76 Å². The zero-order valence-electron chi connectivity index (χ0n) is 17.6. The Morgan fingerprint density at radius 2 is 1.60 bits per heavy atom. The number of Topliss-reactive ketones (excluding diaryl/α,β-unsaturated/α-hetero) is 1. The summed E-state index contributed by atoms with van der Waals surface area (Å²) in [4.78, 5) is 37.4. The molecule has 0 saturated carbocycles. The minimum atomic E-state index is -4.62. The molecule has 1 aliphatic heterocycles. The maximum Gasteiger partial charge on any atom is 0.416 e. The summed E-state index contributed by atoms with van der Waals surface area (Å²) in [6, 6.07) is 12.4. The van der Waals surface area contributed by atoms with Gasteiger partial charge < -0.3 is 10.2 Å². The van der Waals surface area contributed by atoms with Gasteiger partial charge in [0, 0.05) is 23.4 Å². The van der Waals surface area contributed by atoms with Crippen LogP contribution >= 0.6 is 0 Å². The zero-order chi connectivity index (χ0) is 25.5. The molecule has 0 bridgehead atoms. The molecule has 3 aromatic carbocycles. The lowest BCUT2D eigenvalue weighted by molar-refractivity contribution is -0.384. The third kappa shape index (κ3) is 4.31. The van der Waals surface area contributed by atoms with Gasteiger partial charge in [0.15, 0.2) is 0 Å². The number of carbonyl (C=O) groups excluding carboxylic acids is 2. The summed E-state index contributed by atoms with van der Waals surface area (Å²) in [7, 11) is 0. The predicted molar refractivity (Wildman–Crippen MR) is 117 cm³/mol. The highest BCUT2D eigenvalue weighted by Crippen LogP contribution is 2.43. The molecule has 1 unspecified atom stereocenters. The number of hydrogen-bond acceptors (Lipinski definition) is 6. The fraction of sp³-hybridized carbons (Fsp3) is 0.0833. The number of hydrogen-bond donors (Lipinski definition) is 2. The van der Waals surface area contributed by atoms with Gasteiger partial charge in [-0.15, -0.1) is 0 Å². The van der Waals surface area contributed by atoms with E-state index >= 15 is 0 Å². The van der Waals surface area contributed by atoms with Gasteiger partial charge in [0.2, 0.25) is 0 Å². The van der Waals surface area contributed by atoms with Gasteiger partial charge in [0.05, 0.1) is 22.1 Å². The monoisotopic (exact) mass is 484 g/mol. The number of aliphatic hydroxyl groups is 1. The highest BCUT2D eigenvalue weighted by atomic mass is 19.4. The number of aliphatic hydroxyl groups excluding tert-OH is 1. The third-order valence-electron chi connectivity index (χ3n) is 5.46. The molecule has 8 nitrogen and oxygen atoms in total. The second-order valence-corrected chi connectivity index (χ2v) is 7.61. The molecule has 0 radical (unpaired) electrons. The second kappa shape index (κ2) is 8.60. The topological polar surface area (TPSA) is 121 Å². The van der Waals surface area contributed by atoms with Crippen molar-refractivity contribution in [2.45, 2.75) is 12.2 Å². The Hall–Kier alpha value is -4.67. The molecule has 1 fully saturated rings. The van der Waals surface area contributed by atoms with Crippen LogP contribution in [0, 0.1) is 10.1 Å². The van der Waals surface area contributed by atoms with Crippen molar-refractivity contribution in [1.82, 2.24) is 0 Å². The van der Waals surface area contributed by atoms with Crippen molar-refractivity contribution in [1.29, 1.82) is 0 Å². The second-order valence-electron chi connectivity index (χ2n) is 7.61. The van der Waals surface area contributed by atoms with Gasteiger partial charge in [-0.3, -0.25) is 24.6 Å². The van der Waals surface area contributed by atoms with E-state index < -0.39 is 45.7 Å². The Bertz CT molecular complexity index is 1370. The summed E-state index contributed by atoms with van der Waals surface area (Å²) in [6.45, 7) is 0. The number of aromatic hydroxyl groups is 1. The SMILES string of the molecule is O=C1C(=O)N(c2ccc(C(F)(F)F)cc2)C(c2ccc(O)cc2)/C1=C(/O)c1cccc([N+](=O)[O-])c1. The zero-order valence-corrected chi connectivity index (χ0v) is 17.6. The van der Waals surface area contributed by atoms with E-state index in [1.165, 1.54) is 42.5 Å². The van der Waals surface area contributed by atoms with Gasteiger partial charge in [-0.1, -0.05) is 24.3 Å². The number of non-ortho nitro benzene ring substituents is 1. The molecular weight excluding hydrogens is 469 g/mol. The van der Waals surface area contributed by atoms with Crippen molar-refractivity contribution in [3.8, 4) is 5.75 Å². The van der Waals surface area contributed by atoms with Gasteiger partial charge in [0.1, 0.15) is 11.5 Å². The summed E-state index contributed by atoms with van der Waals surface area (Å²) < 4.78 is 39.0. The van der Waals surface area contributed by atoms with Crippen LogP contribution < -0.4 is 4.90 Å². The lowest BCUT2D eigenvalue weighted by Crippen LogP contribution is -2.29. The van der Waals surface area contributed by atoms with Gasteiger partial charge in [-0.05, 0) is 42.0 Å². The Morgan fingerprint density at radius 1 is 0.971 bits per heavy atom. The number of phenolic OH excluding ortho intramolecular Hbond substituents is 1. The van der Waals surface area contributed by atoms with Crippen molar-refractivity contribution in [3.05, 3.63) is 105 Å². The van der Waals surface area contributed by atoms with E-state index in [4.69, 9.17) is 0 Å². The van der Waals surface area contributed by atoms with Crippen molar-refractivity contribution < 1.29 is 37.9 Å². The average Bonchev–Trinajstić information content (AvgIpc) is 3.09. The highest BCUT2D eigenvalue weighted by molar-refractivity contribution is 6.51. The molecule has 4 rings (SSSR count). The number of nitro groups is 1. The maximum atomic E-state index is 13.0. The van der Waals surface area contributed by atoms with Gasteiger partial charge in [0.25, 0.3) is 17.4 Å². The molecular formula is C24H15F3N2O6. The number of phenols is 1. The van der Waals surface area contributed by atoms with Crippen LogP contribution in [-0.2, 0) is 15.8 Å². The number of nitrogens with zero attached hydrogens (tertiary/aromatic N) is 2. The van der Waals surface area contributed by atoms with E-state index in [9.17, 15) is 43.1 Å². The Balaban J connectivity index is 1.91. The molecule has 11 heteroatoms. The van der Waals surface area contributed by atoms with Crippen LogP contribution in [0.4, 0.5) is 24.5 Å². The van der Waals surface area contributed by atoms with Gasteiger partial charge in [-0.25, -0.2) is 0 Å². The number of amides is 1. The number of nitro benzene ring substituents is 1. The number of alkyl halides is 3. The number of anilines is 1. The third-order valence-corrected chi connectivity index (χ3v) is 5.46. The summed E-state index contributed by atoms with van der Waals surface area (Å²) in [5.74, 6) is -3.07. The largest absolute Gasteiger partial charge is 0.508 e. The van der Waals surface area contributed by atoms with E-state index in [0.717, 1.165) is 35.2 Å². The molecule has 0 aliphatic carbocycles. The summed E-state index contributed by atoms with van der Waals surface area (Å²) >= 11 is 0. The molecule has 0 aromatic heterocycles. The number of carbonyl (C=O) groups is 2. The minimum absolute atomic E-state index is 0.0451. The van der Waals surface area contributed by atoms with E-state index in [2.05, 4.69) is 0 Å². The minimum Gasteiger partial charge on any atom is -0.508 e. The Morgan fingerprint density at radius 3 is 2.17 bits per heavy atom. The Kier molecular flexibility index (Phi) is 5.77. The molecule has 178 valence electrons. The lowest BCUT2D eigenvalue weighted by Gasteiger charge is -2.25. The molecule has 2 N–H and O–H groups in total. The average molecular weight is 484 g/mol. The number of rotatable bonds is 4. The Labute approximate surface area is 195 Å². The fourth-order valence-corrected chi connectivity index (χ4v) is 3.80. The molecule has 0 spiro atoms. The lowest BCUT2D eigenvalue weighted by atomic mass is 9.95. The van der Waals surface area contributed by atoms with Crippen molar-refractivity contribution in [2.24, 2.45) is 0 Å². The van der Waals surface area contributed by atoms with Crippen LogP contribution in [0.3, 0.4) is 0 Å². The number of benzene rings is 3. The molecule has 1 atom stereocenters. The number of ketones is 1. The van der Waals surface area contributed by atoms with Crippen molar-refractivity contribution in [3.63, 3.8) is 0 Å². The van der Waals surface area contributed by atoms with E-state index in [1.807, 2.05) is 0 Å². The van der Waals surface area contributed by atoms with Gasteiger partial charge >= 0.3 is 6.18 Å².